The number of carbonyl (C=O) groups is 2. The lowest BCUT2D eigenvalue weighted by molar-refractivity contribution is -0.144. The smallest absolute Gasteiger partial charge is 0.332 e. The van der Waals surface area contributed by atoms with E-state index in [-0.39, 0.29) is 0 Å². The van der Waals surface area contributed by atoms with Crippen LogP contribution in [-0.4, -0.2) is 30.1 Å². The second-order valence-electron chi connectivity index (χ2n) is 3.31. The Morgan fingerprint density at radius 1 is 1.35 bits per heavy atom. The van der Waals surface area contributed by atoms with Crippen molar-refractivity contribution in [2.45, 2.75) is 6.42 Å². The minimum Gasteiger partial charge on any atom is -0.479 e. The molecule has 92 valence electrons. The van der Waals surface area contributed by atoms with Gasteiger partial charge in [0, 0.05) is 5.56 Å². The summed E-state index contributed by atoms with van der Waals surface area (Å²) in [5.74, 6) is -1.63. The molecule has 6 nitrogen and oxygen atoms in total. The van der Waals surface area contributed by atoms with Gasteiger partial charge >= 0.3 is 5.97 Å². The van der Waals surface area contributed by atoms with Gasteiger partial charge in [0.15, 0.2) is 6.61 Å². The van der Waals surface area contributed by atoms with Gasteiger partial charge in [-0.1, -0.05) is 18.2 Å². The molecule has 0 aliphatic carbocycles. The van der Waals surface area contributed by atoms with Gasteiger partial charge in [-0.05, 0) is 24.6 Å². The number of nitrogens with one attached hydrogen (secondary N) is 1. The Kier molecular flexibility index (Phi) is 5.12. The van der Waals surface area contributed by atoms with Crippen LogP contribution in [0.4, 0.5) is 0 Å². The van der Waals surface area contributed by atoms with Crippen LogP contribution in [0.5, 0.6) is 0 Å². The number of hydroxylamine groups is 1. The Morgan fingerprint density at radius 2 is 2.06 bits per heavy atom. The van der Waals surface area contributed by atoms with Crippen molar-refractivity contribution in [3.8, 4) is 0 Å². The van der Waals surface area contributed by atoms with Gasteiger partial charge < -0.3 is 10.8 Å². The van der Waals surface area contributed by atoms with Crippen LogP contribution in [0.2, 0.25) is 0 Å². The van der Waals surface area contributed by atoms with Crippen LogP contribution in [0.25, 0.3) is 0 Å². The first-order chi connectivity index (χ1) is 8.15. The Labute approximate surface area is 98.3 Å². The number of carboxylic acid groups (broad SMARTS) is 1. The quantitative estimate of drug-likeness (QED) is 0.602. The van der Waals surface area contributed by atoms with E-state index in [1.807, 2.05) is 0 Å². The zero-order valence-electron chi connectivity index (χ0n) is 9.18. The highest BCUT2D eigenvalue weighted by Crippen LogP contribution is 2.08. The monoisotopic (exact) mass is 238 g/mol. The summed E-state index contributed by atoms with van der Waals surface area (Å²) in [5.41, 5.74) is 8.73. The molecule has 1 rings (SSSR count). The lowest BCUT2D eigenvalue weighted by atomic mass is 10.0. The minimum absolute atomic E-state index is 0.431. The Morgan fingerprint density at radius 3 is 2.71 bits per heavy atom. The Hall–Kier alpha value is -1.92. The SMILES string of the molecule is NCCc1ccccc1C(=O)NOCC(=O)O. The number of nitrogens with two attached hydrogens (primary N) is 1. The number of rotatable bonds is 6. The van der Waals surface area contributed by atoms with Crippen molar-refractivity contribution in [2.75, 3.05) is 13.2 Å². The van der Waals surface area contributed by atoms with Crippen LogP contribution in [0.15, 0.2) is 24.3 Å². The van der Waals surface area contributed by atoms with E-state index in [4.69, 9.17) is 10.8 Å². The van der Waals surface area contributed by atoms with Gasteiger partial charge in [0.2, 0.25) is 0 Å². The molecule has 0 aliphatic rings. The van der Waals surface area contributed by atoms with E-state index in [1.54, 1.807) is 24.3 Å². The molecule has 0 fully saturated rings. The molecule has 1 aromatic carbocycles. The molecule has 0 radical (unpaired) electrons. The zero-order chi connectivity index (χ0) is 12.7. The van der Waals surface area contributed by atoms with Crippen molar-refractivity contribution >= 4 is 11.9 Å². The molecule has 0 unspecified atom stereocenters. The van der Waals surface area contributed by atoms with E-state index >= 15 is 0 Å². The molecule has 0 saturated heterocycles. The van der Waals surface area contributed by atoms with E-state index in [1.165, 1.54) is 0 Å². The topological polar surface area (TPSA) is 102 Å². The van der Waals surface area contributed by atoms with Crippen molar-refractivity contribution in [2.24, 2.45) is 5.73 Å². The van der Waals surface area contributed by atoms with E-state index in [2.05, 4.69) is 10.3 Å². The zero-order valence-corrected chi connectivity index (χ0v) is 9.18. The van der Waals surface area contributed by atoms with Gasteiger partial charge in [-0.2, -0.15) is 0 Å². The molecule has 1 amide bonds. The van der Waals surface area contributed by atoms with Crippen LogP contribution in [0.1, 0.15) is 15.9 Å². The fourth-order valence-corrected chi connectivity index (χ4v) is 1.33. The van der Waals surface area contributed by atoms with Crippen molar-refractivity contribution in [3.05, 3.63) is 35.4 Å². The van der Waals surface area contributed by atoms with Gasteiger partial charge in [-0.25, -0.2) is 10.3 Å². The molecule has 0 heterocycles. The molecular formula is C11H14N2O4. The molecule has 4 N–H and O–H groups in total. The molecular weight excluding hydrogens is 224 g/mol. The fraction of sp³-hybridized carbons (Fsp3) is 0.273. The minimum atomic E-state index is -1.15. The predicted molar refractivity (Wildman–Crippen MR) is 60.3 cm³/mol. The summed E-state index contributed by atoms with van der Waals surface area (Å²) < 4.78 is 0. The van der Waals surface area contributed by atoms with Gasteiger partial charge in [-0.3, -0.25) is 9.63 Å². The highest BCUT2D eigenvalue weighted by Gasteiger charge is 2.10. The van der Waals surface area contributed by atoms with Gasteiger partial charge in [-0.15, -0.1) is 0 Å². The van der Waals surface area contributed by atoms with Crippen LogP contribution in [0.3, 0.4) is 0 Å². The largest absolute Gasteiger partial charge is 0.479 e. The van der Waals surface area contributed by atoms with E-state index < -0.39 is 18.5 Å². The Balaban J connectivity index is 2.64. The number of carboxylic acids is 1. The molecule has 0 atom stereocenters. The molecule has 0 saturated carbocycles. The first-order valence-electron chi connectivity index (χ1n) is 5.07. The van der Waals surface area contributed by atoms with E-state index in [0.717, 1.165) is 5.56 Å². The average Bonchev–Trinajstić information content (AvgIpc) is 2.29. The van der Waals surface area contributed by atoms with Gasteiger partial charge in [0.1, 0.15) is 0 Å². The van der Waals surface area contributed by atoms with Crippen LogP contribution in [0, 0.1) is 0 Å². The maximum absolute atomic E-state index is 11.7. The molecule has 17 heavy (non-hydrogen) atoms. The van der Waals surface area contributed by atoms with Crippen LogP contribution >= 0.6 is 0 Å². The third-order valence-corrected chi connectivity index (χ3v) is 2.04. The summed E-state index contributed by atoms with van der Waals surface area (Å²) in [6, 6.07) is 6.94. The third-order valence-electron chi connectivity index (χ3n) is 2.04. The van der Waals surface area contributed by atoms with Crippen LogP contribution < -0.4 is 11.2 Å². The summed E-state index contributed by atoms with van der Waals surface area (Å²) in [6.45, 7) is -0.148. The van der Waals surface area contributed by atoms with Crippen molar-refractivity contribution in [1.82, 2.24) is 5.48 Å². The lowest BCUT2D eigenvalue weighted by Crippen LogP contribution is -2.27. The standard InChI is InChI=1S/C11H14N2O4/c12-6-5-8-3-1-2-4-9(8)11(16)13-17-7-10(14)15/h1-4H,5-7,12H2,(H,13,16)(H,14,15). The van der Waals surface area contributed by atoms with Gasteiger partial charge in [0.25, 0.3) is 5.91 Å². The summed E-state index contributed by atoms with van der Waals surface area (Å²) in [5, 5.41) is 8.34. The average molecular weight is 238 g/mol. The van der Waals surface area contributed by atoms with Crippen molar-refractivity contribution < 1.29 is 19.5 Å². The maximum Gasteiger partial charge on any atom is 0.332 e. The first kappa shape index (κ1) is 13.1. The predicted octanol–water partition coefficient (Wildman–Crippen LogP) is -0.0662. The number of hydrogen-bond donors (Lipinski definition) is 3. The molecule has 0 aliphatic heterocycles. The van der Waals surface area contributed by atoms with Crippen LogP contribution in [-0.2, 0) is 16.1 Å². The third kappa shape index (κ3) is 4.21. The molecule has 1 aromatic rings. The number of carbonyl (C=O) groups excluding carboxylic acids is 1. The maximum atomic E-state index is 11.7. The lowest BCUT2D eigenvalue weighted by Gasteiger charge is -2.08. The highest BCUT2D eigenvalue weighted by atomic mass is 16.7. The summed E-state index contributed by atoms with van der Waals surface area (Å²) in [7, 11) is 0. The first-order valence-corrected chi connectivity index (χ1v) is 5.07. The van der Waals surface area contributed by atoms with Crippen molar-refractivity contribution in [3.63, 3.8) is 0 Å². The molecule has 0 spiro atoms. The second kappa shape index (κ2) is 6.62. The normalized spacial score (nSPS) is 9.94. The number of amides is 1. The number of hydrogen-bond acceptors (Lipinski definition) is 4. The summed E-state index contributed by atoms with van der Waals surface area (Å²) >= 11 is 0. The molecule has 6 heteroatoms. The van der Waals surface area contributed by atoms with E-state index in [9.17, 15) is 9.59 Å². The summed E-state index contributed by atoms with van der Waals surface area (Å²) in [6.07, 6.45) is 0.572. The molecule has 0 aromatic heterocycles. The molecule has 0 bridgehead atoms. The highest BCUT2D eigenvalue weighted by molar-refractivity contribution is 5.95. The van der Waals surface area contributed by atoms with Crippen molar-refractivity contribution in [1.29, 1.82) is 0 Å². The van der Waals surface area contributed by atoms with E-state index in [0.29, 0.717) is 18.5 Å². The Bertz CT molecular complexity index is 406. The van der Waals surface area contributed by atoms with Gasteiger partial charge in [0.05, 0.1) is 0 Å². The number of aliphatic carboxylic acids is 1. The summed E-state index contributed by atoms with van der Waals surface area (Å²) in [4.78, 5) is 26.4. The fourth-order valence-electron chi connectivity index (χ4n) is 1.33. The second-order valence-corrected chi connectivity index (χ2v) is 3.31. The number of benzene rings is 1.